The van der Waals surface area contributed by atoms with Crippen molar-refractivity contribution in [3.05, 3.63) is 76.9 Å². The third kappa shape index (κ3) is 6.63. The number of carbonyl (C=O) groups excluding carboxylic acids is 2. The Labute approximate surface area is 219 Å². The summed E-state index contributed by atoms with van der Waals surface area (Å²) >= 11 is 0. The lowest BCUT2D eigenvalue weighted by molar-refractivity contribution is -0.132. The summed E-state index contributed by atoms with van der Waals surface area (Å²) in [5.41, 5.74) is 6.27. The van der Waals surface area contributed by atoms with E-state index in [2.05, 4.69) is 28.0 Å². The van der Waals surface area contributed by atoms with Crippen molar-refractivity contribution in [2.75, 3.05) is 31.1 Å². The number of para-hydroxylation sites is 1. The molecule has 0 spiro atoms. The van der Waals surface area contributed by atoms with Crippen LogP contribution in [0.4, 0.5) is 5.69 Å². The monoisotopic (exact) mass is 502 g/mol. The molecule has 2 amide bonds. The van der Waals surface area contributed by atoms with Crippen molar-refractivity contribution < 1.29 is 9.59 Å². The second-order valence-electron chi connectivity index (χ2n) is 9.88. The Balaban J connectivity index is 1.58. The molecule has 3 aromatic rings. The predicted octanol–water partition coefficient (Wildman–Crippen LogP) is 3.65. The van der Waals surface area contributed by atoms with Crippen LogP contribution >= 0.6 is 0 Å². The van der Waals surface area contributed by atoms with E-state index < -0.39 is 0 Å². The number of aromatic nitrogens is 3. The van der Waals surface area contributed by atoms with Gasteiger partial charge in [-0.15, -0.1) is 0 Å². The fourth-order valence-electron chi connectivity index (χ4n) is 5.16. The summed E-state index contributed by atoms with van der Waals surface area (Å²) in [5.74, 6) is 0.137. The molecule has 0 atom stereocenters. The number of nitrogens with zero attached hydrogens (tertiary/aromatic N) is 6. The number of pyridine rings is 1. The minimum absolute atomic E-state index is 0.0194. The summed E-state index contributed by atoms with van der Waals surface area (Å²) < 4.78 is 1.88. The first-order chi connectivity index (χ1) is 17.8. The molecule has 0 saturated carbocycles. The molecule has 37 heavy (non-hydrogen) atoms. The van der Waals surface area contributed by atoms with E-state index in [1.54, 1.807) is 13.1 Å². The largest absolute Gasteiger partial charge is 0.337 e. The van der Waals surface area contributed by atoms with Crippen LogP contribution in [0.3, 0.4) is 0 Å². The van der Waals surface area contributed by atoms with Gasteiger partial charge in [-0.05, 0) is 55.5 Å². The molecule has 0 saturated heterocycles. The van der Waals surface area contributed by atoms with Crippen molar-refractivity contribution in [3.8, 4) is 0 Å². The first kappa shape index (κ1) is 26.5. The van der Waals surface area contributed by atoms with Crippen LogP contribution in [-0.4, -0.2) is 62.6 Å². The second kappa shape index (κ2) is 12.1. The van der Waals surface area contributed by atoms with Crippen molar-refractivity contribution in [1.29, 1.82) is 0 Å². The molecule has 4 rings (SSSR count). The SMILES string of the molecule is CC(=O)N1CCCN(Cc2cccnc2)CCN(C(=O)CCc2c(C)nn(C)c2C)Cc2ccccc21. The molecule has 3 heterocycles. The Hall–Kier alpha value is -3.52. The summed E-state index contributed by atoms with van der Waals surface area (Å²) in [7, 11) is 1.94. The number of hydrogen-bond donors (Lipinski definition) is 0. The van der Waals surface area contributed by atoms with E-state index >= 15 is 0 Å². The molecule has 0 N–H and O–H groups in total. The molecule has 0 unspecified atom stereocenters. The van der Waals surface area contributed by atoms with Crippen LogP contribution in [0.5, 0.6) is 0 Å². The quantitative estimate of drug-likeness (QED) is 0.533. The average molecular weight is 503 g/mol. The maximum atomic E-state index is 13.6. The topological polar surface area (TPSA) is 74.6 Å². The minimum atomic E-state index is 0.0194. The molecule has 0 fully saturated rings. The van der Waals surface area contributed by atoms with Crippen molar-refractivity contribution in [2.45, 2.75) is 53.1 Å². The maximum Gasteiger partial charge on any atom is 0.223 e. The molecule has 0 aliphatic carbocycles. The highest BCUT2D eigenvalue weighted by atomic mass is 16.2. The third-order valence-corrected chi connectivity index (χ3v) is 7.30. The number of hydrogen-bond acceptors (Lipinski definition) is 5. The molecule has 0 bridgehead atoms. The molecule has 1 aliphatic rings. The number of fused-ring (bicyclic) bond motifs is 1. The minimum Gasteiger partial charge on any atom is -0.337 e. The van der Waals surface area contributed by atoms with Crippen LogP contribution in [0.2, 0.25) is 0 Å². The second-order valence-corrected chi connectivity index (χ2v) is 9.88. The lowest BCUT2D eigenvalue weighted by Gasteiger charge is -2.28. The Kier molecular flexibility index (Phi) is 8.71. The fraction of sp³-hybridized carbons (Fsp3) is 0.448. The van der Waals surface area contributed by atoms with Crippen molar-refractivity contribution >= 4 is 17.5 Å². The van der Waals surface area contributed by atoms with Gasteiger partial charge in [-0.25, -0.2) is 0 Å². The predicted molar refractivity (Wildman–Crippen MR) is 145 cm³/mol. The van der Waals surface area contributed by atoms with Gasteiger partial charge in [-0.3, -0.25) is 24.2 Å². The van der Waals surface area contributed by atoms with E-state index in [4.69, 9.17) is 0 Å². The molecule has 1 aromatic carbocycles. The molecule has 196 valence electrons. The van der Waals surface area contributed by atoms with Crippen LogP contribution < -0.4 is 4.90 Å². The van der Waals surface area contributed by atoms with Crippen LogP contribution in [0, 0.1) is 13.8 Å². The van der Waals surface area contributed by atoms with Crippen LogP contribution in [0.15, 0.2) is 48.8 Å². The molecule has 8 nitrogen and oxygen atoms in total. The fourth-order valence-corrected chi connectivity index (χ4v) is 5.16. The van der Waals surface area contributed by atoms with E-state index in [1.807, 2.05) is 65.0 Å². The molecule has 1 aliphatic heterocycles. The van der Waals surface area contributed by atoms with Gasteiger partial charge in [0.1, 0.15) is 0 Å². The number of carbonyl (C=O) groups is 2. The van der Waals surface area contributed by atoms with Gasteiger partial charge in [-0.1, -0.05) is 24.3 Å². The zero-order chi connectivity index (χ0) is 26.4. The van der Waals surface area contributed by atoms with Crippen LogP contribution in [-0.2, 0) is 36.1 Å². The number of amides is 2. The number of rotatable bonds is 5. The standard InChI is InChI=1S/C29H38N6O2/c1-22-27(23(2)32(4)31-22)12-13-29(37)34-18-17-33(20-25-9-7-14-30-19-25)15-8-16-35(24(3)36)28-11-6-5-10-26(28)21-34/h5-7,9-11,14,19H,8,12-13,15-18,20-21H2,1-4H3. The summed E-state index contributed by atoms with van der Waals surface area (Å²) in [6.45, 7) is 9.76. The number of benzene rings is 1. The number of aryl methyl sites for hydroxylation is 2. The smallest absolute Gasteiger partial charge is 0.223 e. The highest BCUT2D eigenvalue weighted by molar-refractivity contribution is 5.92. The van der Waals surface area contributed by atoms with Gasteiger partial charge in [0.05, 0.1) is 5.69 Å². The Morgan fingerprint density at radius 2 is 1.81 bits per heavy atom. The summed E-state index contributed by atoms with van der Waals surface area (Å²) in [4.78, 5) is 36.7. The van der Waals surface area contributed by atoms with Gasteiger partial charge in [0.2, 0.25) is 11.8 Å². The van der Waals surface area contributed by atoms with Gasteiger partial charge < -0.3 is 9.80 Å². The van der Waals surface area contributed by atoms with Crippen molar-refractivity contribution in [2.24, 2.45) is 7.05 Å². The summed E-state index contributed by atoms with van der Waals surface area (Å²) in [6.07, 6.45) is 5.62. The van der Waals surface area contributed by atoms with Crippen molar-refractivity contribution in [1.82, 2.24) is 24.6 Å². The van der Waals surface area contributed by atoms with Crippen molar-refractivity contribution in [3.63, 3.8) is 0 Å². The average Bonchev–Trinajstić information content (AvgIpc) is 3.11. The first-order valence-corrected chi connectivity index (χ1v) is 13.1. The number of anilines is 1. The molecular weight excluding hydrogens is 464 g/mol. The molecule has 8 heteroatoms. The zero-order valence-corrected chi connectivity index (χ0v) is 22.5. The highest BCUT2D eigenvalue weighted by Gasteiger charge is 2.23. The van der Waals surface area contributed by atoms with E-state index in [0.717, 1.165) is 59.8 Å². The Bertz CT molecular complexity index is 1220. The Morgan fingerprint density at radius 3 is 2.51 bits per heavy atom. The van der Waals surface area contributed by atoms with Gasteiger partial charge in [0.25, 0.3) is 0 Å². The van der Waals surface area contributed by atoms with Gasteiger partial charge >= 0.3 is 0 Å². The van der Waals surface area contributed by atoms with E-state index in [-0.39, 0.29) is 11.8 Å². The van der Waals surface area contributed by atoms with E-state index in [1.165, 1.54) is 0 Å². The maximum absolute atomic E-state index is 13.6. The van der Waals surface area contributed by atoms with Gasteiger partial charge in [0, 0.05) is 83.4 Å². The van der Waals surface area contributed by atoms with Gasteiger partial charge in [0.15, 0.2) is 0 Å². The molecule has 0 radical (unpaired) electrons. The molecular formula is C29H38N6O2. The van der Waals surface area contributed by atoms with Crippen LogP contribution in [0.1, 0.15) is 47.8 Å². The highest BCUT2D eigenvalue weighted by Crippen LogP contribution is 2.24. The third-order valence-electron chi connectivity index (χ3n) is 7.30. The normalized spacial score (nSPS) is 15.2. The van der Waals surface area contributed by atoms with Crippen LogP contribution in [0.25, 0.3) is 0 Å². The van der Waals surface area contributed by atoms with E-state index in [9.17, 15) is 9.59 Å². The summed E-state index contributed by atoms with van der Waals surface area (Å²) in [5, 5.41) is 4.51. The zero-order valence-electron chi connectivity index (χ0n) is 22.5. The van der Waals surface area contributed by atoms with E-state index in [0.29, 0.717) is 32.5 Å². The summed E-state index contributed by atoms with van der Waals surface area (Å²) in [6, 6.07) is 12.0. The molecule has 2 aromatic heterocycles. The Morgan fingerprint density at radius 1 is 1.00 bits per heavy atom. The lowest BCUT2D eigenvalue weighted by Crippen LogP contribution is -2.38. The lowest BCUT2D eigenvalue weighted by atomic mass is 10.1. The first-order valence-electron chi connectivity index (χ1n) is 13.1. The van der Waals surface area contributed by atoms with Gasteiger partial charge in [-0.2, -0.15) is 5.10 Å².